The van der Waals surface area contributed by atoms with Gasteiger partial charge in [-0.3, -0.25) is 4.31 Å². The van der Waals surface area contributed by atoms with E-state index < -0.39 is 33.4 Å². The second-order valence-corrected chi connectivity index (χ2v) is 8.75. The number of anilines is 1. The van der Waals surface area contributed by atoms with Crippen molar-refractivity contribution in [1.82, 2.24) is 0 Å². The lowest BCUT2D eigenvalue weighted by atomic mass is 10.1. The number of para-hydroxylation sites is 1. The topological polar surface area (TPSA) is 46.6 Å². The van der Waals surface area contributed by atoms with Crippen LogP contribution in [0.1, 0.15) is 25.5 Å². The Kier molecular flexibility index (Phi) is 6.63. The van der Waals surface area contributed by atoms with Crippen LogP contribution in [0.4, 0.5) is 14.5 Å². The second kappa shape index (κ2) is 9.02. The van der Waals surface area contributed by atoms with Crippen molar-refractivity contribution in [3.05, 3.63) is 89.0 Å². The van der Waals surface area contributed by atoms with E-state index in [2.05, 4.69) is 0 Å². The lowest BCUT2D eigenvalue weighted by molar-refractivity contribution is 0.335. The van der Waals surface area contributed by atoms with E-state index in [9.17, 15) is 17.2 Å². The Morgan fingerprint density at radius 1 is 1.03 bits per heavy atom. The van der Waals surface area contributed by atoms with Gasteiger partial charge in [-0.05, 0) is 56.3 Å². The van der Waals surface area contributed by atoms with Gasteiger partial charge in [-0.2, -0.15) is 0 Å². The van der Waals surface area contributed by atoms with Gasteiger partial charge in [0, 0.05) is 16.7 Å². The van der Waals surface area contributed by atoms with Crippen molar-refractivity contribution in [3.8, 4) is 5.75 Å². The maximum atomic E-state index is 14.7. The third-order valence-corrected chi connectivity index (χ3v) is 6.69. The molecule has 0 heterocycles. The number of rotatable bonds is 7. The smallest absolute Gasteiger partial charge is 0.264 e. The van der Waals surface area contributed by atoms with E-state index in [1.807, 2.05) is 0 Å². The van der Waals surface area contributed by atoms with Gasteiger partial charge in [0.1, 0.15) is 17.4 Å². The van der Waals surface area contributed by atoms with Crippen LogP contribution in [-0.2, 0) is 10.0 Å². The normalized spacial score (nSPS) is 12.4. The van der Waals surface area contributed by atoms with Crippen LogP contribution in [-0.4, -0.2) is 15.0 Å². The van der Waals surface area contributed by atoms with E-state index in [1.165, 1.54) is 24.3 Å². The first-order chi connectivity index (χ1) is 14.3. The summed E-state index contributed by atoms with van der Waals surface area (Å²) in [7, 11) is -4.28. The molecule has 3 aromatic carbocycles. The second-order valence-electron chi connectivity index (χ2n) is 6.50. The zero-order valence-corrected chi connectivity index (χ0v) is 17.9. The number of halogens is 3. The van der Waals surface area contributed by atoms with E-state index in [1.54, 1.807) is 38.1 Å². The number of sulfonamides is 1. The first-order valence-corrected chi connectivity index (χ1v) is 11.0. The van der Waals surface area contributed by atoms with Gasteiger partial charge in [0.2, 0.25) is 0 Å². The lowest BCUT2D eigenvalue weighted by Gasteiger charge is -2.32. The van der Waals surface area contributed by atoms with Crippen molar-refractivity contribution in [2.75, 3.05) is 10.9 Å². The Balaban J connectivity index is 2.23. The molecule has 0 saturated heterocycles. The quantitative estimate of drug-likeness (QED) is 0.444. The van der Waals surface area contributed by atoms with Gasteiger partial charge < -0.3 is 4.74 Å². The summed E-state index contributed by atoms with van der Waals surface area (Å²) in [4.78, 5) is -0.101. The molecule has 0 saturated carbocycles. The molecule has 0 amide bonds. The van der Waals surface area contributed by atoms with Gasteiger partial charge in [-0.25, -0.2) is 17.2 Å². The Hall–Kier alpha value is -2.64. The summed E-state index contributed by atoms with van der Waals surface area (Å²) < 4.78 is 62.3. The van der Waals surface area contributed by atoms with Crippen molar-refractivity contribution in [1.29, 1.82) is 0 Å². The molecule has 1 unspecified atom stereocenters. The molecule has 0 aliphatic rings. The number of nitrogens with zero attached hydrogens (tertiary/aromatic N) is 1. The monoisotopic (exact) mass is 451 g/mol. The maximum absolute atomic E-state index is 14.7. The molecule has 0 bridgehead atoms. The minimum absolute atomic E-state index is 0.101. The SMILES string of the molecule is CCOc1ccccc1C(C)N(c1cc(F)ccc1F)S(=O)(=O)c1ccc(Cl)cc1. The number of ether oxygens (including phenoxy) is 1. The van der Waals surface area contributed by atoms with Crippen LogP contribution in [0.15, 0.2) is 71.6 Å². The average molecular weight is 452 g/mol. The van der Waals surface area contributed by atoms with E-state index >= 15 is 0 Å². The Labute approximate surface area is 179 Å². The largest absolute Gasteiger partial charge is 0.494 e. The average Bonchev–Trinajstić information content (AvgIpc) is 2.71. The lowest BCUT2D eigenvalue weighted by Crippen LogP contribution is -2.34. The summed E-state index contributed by atoms with van der Waals surface area (Å²) >= 11 is 5.88. The molecule has 0 aliphatic heterocycles. The van der Waals surface area contributed by atoms with Crippen LogP contribution in [0.2, 0.25) is 5.02 Å². The van der Waals surface area contributed by atoms with Crippen molar-refractivity contribution in [2.45, 2.75) is 24.8 Å². The fourth-order valence-corrected chi connectivity index (χ4v) is 4.92. The molecule has 0 spiro atoms. The Morgan fingerprint density at radius 2 is 1.70 bits per heavy atom. The van der Waals surface area contributed by atoms with E-state index in [4.69, 9.17) is 16.3 Å². The molecule has 0 N–H and O–H groups in total. The van der Waals surface area contributed by atoms with Crippen molar-refractivity contribution in [2.24, 2.45) is 0 Å². The highest BCUT2D eigenvalue weighted by Gasteiger charge is 2.33. The molecule has 0 fully saturated rings. The van der Waals surface area contributed by atoms with Gasteiger partial charge in [0.25, 0.3) is 10.0 Å². The minimum atomic E-state index is -4.28. The molecule has 158 valence electrons. The fraction of sp³-hybridized carbons (Fsp3) is 0.182. The van der Waals surface area contributed by atoms with Crippen LogP contribution < -0.4 is 9.04 Å². The molecular formula is C22H20ClF2NO3S. The molecule has 1 atom stereocenters. The van der Waals surface area contributed by atoms with Crippen LogP contribution >= 0.6 is 11.6 Å². The molecule has 0 aromatic heterocycles. The molecule has 4 nitrogen and oxygen atoms in total. The molecule has 8 heteroatoms. The highest BCUT2D eigenvalue weighted by Crippen LogP contribution is 2.38. The molecule has 3 rings (SSSR count). The van der Waals surface area contributed by atoms with Gasteiger partial charge in [0.05, 0.1) is 23.2 Å². The summed E-state index contributed by atoms with van der Waals surface area (Å²) in [5, 5.41) is 0.354. The van der Waals surface area contributed by atoms with Crippen LogP contribution in [0.25, 0.3) is 0 Å². The summed E-state index contributed by atoms with van der Waals surface area (Å²) in [6.07, 6.45) is 0. The van der Waals surface area contributed by atoms with Gasteiger partial charge in [-0.1, -0.05) is 29.8 Å². The van der Waals surface area contributed by atoms with E-state index in [0.29, 0.717) is 22.9 Å². The van der Waals surface area contributed by atoms with Crippen LogP contribution in [0.5, 0.6) is 5.75 Å². The number of hydrogen-bond donors (Lipinski definition) is 0. The van der Waals surface area contributed by atoms with E-state index in [0.717, 1.165) is 22.5 Å². The summed E-state index contributed by atoms with van der Waals surface area (Å²) in [5.41, 5.74) is 0.115. The predicted octanol–water partition coefficient (Wildman–Crippen LogP) is 5.97. The standard InChI is InChI=1S/C22H20ClF2NO3S/c1-3-29-22-7-5-4-6-19(22)15(2)26(21-14-17(24)10-13-20(21)25)30(27,28)18-11-8-16(23)9-12-18/h4-15H,3H2,1-2H3. The summed E-state index contributed by atoms with van der Waals surface area (Å²) in [6.45, 7) is 3.76. The number of benzene rings is 3. The minimum Gasteiger partial charge on any atom is -0.494 e. The van der Waals surface area contributed by atoms with Gasteiger partial charge in [-0.15, -0.1) is 0 Å². The fourth-order valence-electron chi connectivity index (χ4n) is 3.16. The van der Waals surface area contributed by atoms with Crippen molar-refractivity contribution in [3.63, 3.8) is 0 Å². The molecule has 0 aliphatic carbocycles. The highest BCUT2D eigenvalue weighted by atomic mass is 35.5. The third-order valence-electron chi connectivity index (χ3n) is 4.54. The van der Waals surface area contributed by atoms with Gasteiger partial charge in [0.15, 0.2) is 0 Å². The summed E-state index contributed by atoms with van der Waals surface area (Å²) in [5.74, 6) is -1.16. The molecule has 30 heavy (non-hydrogen) atoms. The first-order valence-electron chi connectivity index (χ1n) is 9.22. The molecule has 0 radical (unpaired) electrons. The van der Waals surface area contributed by atoms with Crippen LogP contribution in [0.3, 0.4) is 0 Å². The maximum Gasteiger partial charge on any atom is 0.264 e. The predicted molar refractivity (Wildman–Crippen MR) is 114 cm³/mol. The highest BCUT2D eigenvalue weighted by molar-refractivity contribution is 7.92. The van der Waals surface area contributed by atoms with Crippen molar-refractivity contribution < 1.29 is 21.9 Å². The first kappa shape index (κ1) is 22.1. The van der Waals surface area contributed by atoms with Crippen molar-refractivity contribution >= 4 is 27.3 Å². The molecular weight excluding hydrogens is 432 g/mol. The van der Waals surface area contributed by atoms with E-state index in [-0.39, 0.29) is 4.90 Å². The van der Waals surface area contributed by atoms with Crippen LogP contribution in [0, 0.1) is 11.6 Å². The summed E-state index contributed by atoms with van der Waals surface area (Å²) in [6, 6.07) is 14.2. The Bertz CT molecular complexity index is 1140. The third kappa shape index (κ3) is 4.42. The zero-order chi connectivity index (χ0) is 21.9. The molecule has 3 aromatic rings. The Morgan fingerprint density at radius 3 is 2.37 bits per heavy atom. The number of hydrogen-bond acceptors (Lipinski definition) is 3. The zero-order valence-electron chi connectivity index (χ0n) is 16.3. The van der Waals surface area contributed by atoms with Gasteiger partial charge >= 0.3 is 0 Å².